The van der Waals surface area contributed by atoms with Gasteiger partial charge in [0.25, 0.3) is 0 Å². The predicted molar refractivity (Wildman–Crippen MR) is 124 cm³/mol. The molecule has 2 aliphatic carbocycles. The fraction of sp³-hybridized carbons (Fsp3) is 0.444. The summed E-state index contributed by atoms with van der Waals surface area (Å²) in [6.45, 7) is 11.0. The van der Waals surface area contributed by atoms with Gasteiger partial charge in [0.05, 0.1) is 22.4 Å². The third-order valence-corrected chi connectivity index (χ3v) is 8.64. The first-order valence-electron chi connectivity index (χ1n) is 11.6. The van der Waals surface area contributed by atoms with Crippen LogP contribution in [0.1, 0.15) is 70.3 Å². The largest absolute Gasteiger partial charge is 0.454 e. The summed E-state index contributed by atoms with van der Waals surface area (Å²) in [7, 11) is 0. The molecule has 0 N–H and O–H groups in total. The maximum atomic E-state index is 13.9. The SMILES string of the molecule is CC(C)c1ccc(OC(=O)C23CCC(C)(c4nc5cc6c(cc5nc42)OCO6)C3(C)C)cc1. The molecule has 3 aromatic rings. The summed E-state index contributed by atoms with van der Waals surface area (Å²) in [4.78, 5) is 24.0. The molecular weight excluding hydrogens is 416 g/mol. The van der Waals surface area contributed by atoms with Gasteiger partial charge in [0.2, 0.25) is 6.79 Å². The molecule has 33 heavy (non-hydrogen) atoms. The topological polar surface area (TPSA) is 70.5 Å². The number of ether oxygens (including phenoxy) is 3. The van der Waals surface area contributed by atoms with E-state index in [2.05, 4.69) is 34.6 Å². The van der Waals surface area contributed by atoms with E-state index in [1.807, 2.05) is 36.4 Å². The first-order valence-corrected chi connectivity index (χ1v) is 11.6. The fourth-order valence-electron chi connectivity index (χ4n) is 6.06. The summed E-state index contributed by atoms with van der Waals surface area (Å²) in [5.74, 6) is 2.08. The third-order valence-electron chi connectivity index (χ3n) is 8.64. The molecule has 2 aromatic carbocycles. The van der Waals surface area contributed by atoms with Crippen LogP contribution in [0.2, 0.25) is 0 Å². The molecule has 2 atom stereocenters. The van der Waals surface area contributed by atoms with Crippen LogP contribution in [0.25, 0.3) is 11.0 Å². The number of rotatable bonds is 3. The molecule has 1 saturated carbocycles. The minimum atomic E-state index is -0.856. The molecular formula is C27H28N2O4. The van der Waals surface area contributed by atoms with Gasteiger partial charge in [-0.1, -0.05) is 46.8 Å². The van der Waals surface area contributed by atoms with Gasteiger partial charge in [-0.25, -0.2) is 9.97 Å². The van der Waals surface area contributed by atoms with Gasteiger partial charge in [-0.15, -0.1) is 0 Å². The van der Waals surface area contributed by atoms with E-state index >= 15 is 0 Å². The highest BCUT2D eigenvalue weighted by Gasteiger charge is 2.74. The predicted octanol–water partition coefficient (Wildman–Crippen LogP) is 5.42. The van der Waals surface area contributed by atoms with Crippen LogP contribution < -0.4 is 14.2 Å². The molecule has 2 unspecified atom stereocenters. The van der Waals surface area contributed by atoms with Crippen molar-refractivity contribution in [2.75, 3.05) is 6.79 Å². The Morgan fingerprint density at radius 2 is 1.55 bits per heavy atom. The average Bonchev–Trinajstić information content (AvgIpc) is 3.36. The van der Waals surface area contributed by atoms with E-state index in [0.717, 1.165) is 23.3 Å². The van der Waals surface area contributed by atoms with Crippen LogP contribution in [0.15, 0.2) is 36.4 Å². The number of hydrogen-bond donors (Lipinski definition) is 0. The van der Waals surface area contributed by atoms with Crippen molar-refractivity contribution in [2.24, 2.45) is 5.41 Å². The molecule has 3 aliphatic rings. The number of fused-ring (bicyclic) bond motifs is 7. The van der Waals surface area contributed by atoms with Crippen molar-refractivity contribution in [1.29, 1.82) is 0 Å². The van der Waals surface area contributed by atoms with Crippen LogP contribution in [0, 0.1) is 5.41 Å². The van der Waals surface area contributed by atoms with E-state index in [1.165, 1.54) is 5.56 Å². The van der Waals surface area contributed by atoms with Crippen LogP contribution in [0.4, 0.5) is 0 Å². The smallest absolute Gasteiger partial charge is 0.324 e. The van der Waals surface area contributed by atoms with Crippen molar-refractivity contribution >= 4 is 17.0 Å². The van der Waals surface area contributed by atoms with E-state index in [9.17, 15) is 4.79 Å². The summed E-state index contributed by atoms with van der Waals surface area (Å²) >= 11 is 0. The molecule has 0 saturated heterocycles. The minimum absolute atomic E-state index is 0.196. The first kappa shape index (κ1) is 20.5. The summed E-state index contributed by atoms with van der Waals surface area (Å²) in [6, 6.07) is 11.5. The molecule has 0 spiro atoms. The maximum absolute atomic E-state index is 13.9. The second-order valence-corrected chi connectivity index (χ2v) is 10.6. The van der Waals surface area contributed by atoms with Gasteiger partial charge in [-0.05, 0) is 41.9 Å². The molecule has 170 valence electrons. The standard InChI is InChI=1S/C27H28N2O4/c1-15(2)16-6-8-17(9-7-16)33-24(30)27-11-10-26(5,25(27,3)4)22-23(27)29-19-13-21-20(31-14-32-21)12-18(19)28-22/h6-9,12-13,15H,10-11,14H2,1-5H3. The highest BCUT2D eigenvalue weighted by Crippen LogP contribution is 2.70. The summed E-state index contributed by atoms with van der Waals surface area (Å²) < 4.78 is 17.1. The van der Waals surface area contributed by atoms with Crippen molar-refractivity contribution < 1.29 is 19.0 Å². The Balaban J connectivity index is 1.47. The van der Waals surface area contributed by atoms with Gasteiger partial charge in [-0.3, -0.25) is 4.79 Å². The van der Waals surface area contributed by atoms with Crippen LogP contribution in [-0.2, 0) is 15.6 Å². The second-order valence-electron chi connectivity index (χ2n) is 10.6. The number of carbonyl (C=O) groups excluding carboxylic acids is 1. The Kier molecular flexibility index (Phi) is 4.01. The highest BCUT2D eigenvalue weighted by atomic mass is 16.7. The Hall–Kier alpha value is -3.15. The third kappa shape index (κ3) is 2.47. The van der Waals surface area contributed by atoms with Crippen LogP contribution in [-0.4, -0.2) is 22.7 Å². The zero-order chi connectivity index (χ0) is 23.2. The lowest BCUT2D eigenvalue weighted by molar-refractivity contribution is -0.145. The minimum Gasteiger partial charge on any atom is -0.454 e. The number of hydrogen-bond acceptors (Lipinski definition) is 6. The van der Waals surface area contributed by atoms with E-state index in [0.29, 0.717) is 35.1 Å². The van der Waals surface area contributed by atoms with E-state index in [4.69, 9.17) is 24.2 Å². The number of benzene rings is 2. The van der Waals surface area contributed by atoms with Gasteiger partial charge in [-0.2, -0.15) is 0 Å². The molecule has 0 amide bonds. The number of nitrogens with zero attached hydrogens (tertiary/aromatic N) is 2. The molecule has 6 nitrogen and oxygen atoms in total. The molecule has 6 rings (SSSR count). The molecule has 2 bridgehead atoms. The first-order chi connectivity index (χ1) is 15.7. The summed E-state index contributed by atoms with van der Waals surface area (Å²) in [6.07, 6.45) is 1.55. The Labute approximate surface area is 193 Å². The highest BCUT2D eigenvalue weighted by molar-refractivity contribution is 5.91. The fourth-order valence-corrected chi connectivity index (χ4v) is 6.06. The van der Waals surface area contributed by atoms with Crippen LogP contribution >= 0.6 is 0 Å². The average molecular weight is 445 g/mol. The van der Waals surface area contributed by atoms with Crippen molar-refractivity contribution in [3.05, 3.63) is 53.3 Å². The van der Waals surface area contributed by atoms with E-state index in [1.54, 1.807) is 0 Å². The zero-order valence-electron chi connectivity index (χ0n) is 19.7. The number of aromatic nitrogens is 2. The normalized spacial score (nSPS) is 26.1. The Morgan fingerprint density at radius 3 is 2.15 bits per heavy atom. The monoisotopic (exact) mass is 444 g/mol. The molecule has 1 fully saturated rings. The maximum Gasteiger partial charge on any atom is 0.324 e. The molecule has 2 heterocycles. The van der Waals surface area contributed by atoms with Crippen molar-refractivity contribution in [2.45, 2.75) is 64.2 Å². The number of carbonyl (C=O) groups is 1. The molecule has 1 aliphatic heterocycles. The van der Waals surface area contributed by atoms with Crippen LogP contribution in [0.5, 0.6) is 17.2 Å². The number of esters is 1. The van der Waals surface area contributed by atoms with Gasteiger partial charge in [0, 0.05) is 17.5 Å². The zero-order valence-corrected chi connectivity index (χ0v) is 19.7. The van der Waals surface area contributed by atoms with Gasteiger partial charge in [0.15, 0.2) is 11.5 Å². The quantitative estimate of drug-likeness (QED) is 0.397. The van der Waals surface area contributed by atoms with Crippen molar-refractivity contribution in [3.63, 3.8) is 0 Å². The Bertz CT molecular complexity index is 1310. The van der Waals surface area contributed by atoms with Crippen molar-refractivity contribution in [1.82, 2.24) is 9.97 Å². The van der Waals surface area contributed by atoms with Gasteiger partial charge in [0.1, 0.15) is 11.2 Å². The summed E-state index contributed by atoms with van der Waals surface area (Å²) in [5.41, 5.74) is 2.79. The van der Waals surface area contributed by atoms with Crippen molar-refractivity contribution in [3.8, 4) is 17.2 Å². The lowest BCUT2D eigenvalue weighted by Crippen LogP contribution is -2.48. The van der Waals surface area contributed by atoms with Gasteiger partial charge < -0.3 is 14.2 Å². The second kappa shape index (κ2) is 6.46. The summed E-state index contributed by atoms with van der Waals surface area (Å²) in [5, 5.41) is 0. The Morgan fingerprint density at radius 1 is 0.939 bits per heavy atom. The molecule has 1 aromatic heterocycles. The molecule has 0 radical (unpaired) electrons. The van der Waals surface area contributed by atoms with E-state index in [-0.39, 0.29) is 18.2 Å². The van der Waals surface area contributed by atoms with Crippen LogP contribution in [0.3, 0.4) is 0 Å². The lowest BCUT2D eigenvalue weighted by Gasteiger charge is -2.38. The van der Waals surface area contributed by atoms with Gasteiger partial charge >= 0.3 is 5.97 Å². The van der Waals surface area contributed by atoms with E-state index < -0.39 is 10.8 Å². The molecule has 6 heteroatoms. The lowest BCUT2D eigenvalue weighted by atomic mass is 9.64.